The molecule has 5 nitrogen and oxygen atoms in total. The highest BCUT2D eigenvalue weighted by Gasteiger charge is 2.31. The Kier molecular flexibility index (Phi) is 6.21. The van der Waals surface area contributed by atoms with Crippen molar-refractivity contribution in [1.82, 2.24) is 4.90 Å². The minimum atomic E-state index is -0.391. The number of carbonyl (C=O) groups excluding carboxylic acids is 2. The topological polar surface area (TPSA) is 58.6 Å². The van der Waals surface area contributed by atoms with Gasteiger partial charge in [-0.2, -0.15) is 11.8 Å². The minimum Gasteiger partial charge on any atom is -0.465 e. The number of esters is 1. The molecule has 1 aromatic carbocycles. The Morgan fingerprint density at radius 2 is 2.14 bits per heavy atom. The fourth-order valence-electron chi connectivity index (χ4n) is 2.20. The number of hydrogen-bond donors (Lipinski definition) is 1. The fraction of sp³-hybridized carbons (Fsp3) is 0.467. The van der Waals surface area contributed by atoms with E-state index in [1.54, 1.807) is 18.7 Å². The van der Waals surface area contributed by atoms with Gasteiger partial charge in [0.15, 0.2) is 0 Å². The molecule has 0 radical (unpaired) electrons. The molecule has 1 atom stereocenters. The summed E-state index contributed by atoms with van der Waals surface area (Å²) in [6, 6.07) is 5.19. The summed E-state index contributed by atoms with van der Waals surface area (Å²) in [4.78, 5) is 25.8. The van der Waals surface area contributed by atoms with Crippen LogP contribution in [-0.4, -0.2) is 54.0 Å². The third-order valence-corrected chi connectivity index (χ3v) is 4.30. The molecule has 1 aliphatic heterocycles. The first-order valence-corrected chi connectivity index (χ1v) is 8.29. The maximum atomic E-state index is 12.8. The Bertz CT molecular complexity index is 524. The average molecular weight is 326 g/mol. The van der Waals surface area contributed by atoms with Crippen molar-refractivity contribution in [2.75, 3.05) is 36.5 Å². The molecular formula is C15H19FN2O3S. The minimum absolute atomic E-state index is 0.113. The summed E-state index contributed by atoms with van der Waals surface area (Å²) in [6.45, 7) is 2.86. The smallest absolute Gasteiger partial charge is 0.324 e. The Balaban J connectivity index is 1.93. The van der Waals surface area contributed by atoms with Crippen molar-refractivity contribution in [2.24, 2.45) is 0 Å². The molecule has 7 heteroatoms. The van der Waals surface area contributed by atoms with Gasteiger partial charge in [-0.15, -0.1) is 0 Å². The largest absolute Gasteiger partial charge is 0.465 e. The number of halogens is 1. The van der Waals surface area contributed by atoms with Crippen LogP contribution in [0, 0.1) is 5.82 Å². The lowest BCUT2D eigenvalue weighted by Crippen LogP contribution is -2.50. The van der Waals surface area contributed by atoms with Crippen LogP contribution in [-0.2, 0) is 14.3 Å². The van der Waals surface area contributed by atoms with Crippen LogP contribution in [0.4, 0.5) is 10.1 Å². The molecule has 0 aromatic heterocycles. The lowest BCUT2D eigenvalue weighted by atomic mass is 10.2. The molecule has 1 aromatic rings. The molecule has 1 amide bonds. The van der Waals surface area contributed by atoms with Crippen molar-refractivity contribution in [2.45, 2.75) is 13.0 Å². The van der Waals surface area contributed by atoms with Gasteiger partial charge >= 0.3 is 5.97 Å². The van der Waals surface area contributed by atoms with Crippen LogP contribution in [0.3, 0.4) is 0 Å². The standard InChI is InChI=1S/C15H19FN2O3S/c1-2-21-15(20)13-10-22-8-7-18(13)9-14(19)17-12-5-3-11(16)4-6-12/h3-6,13H,2,7-10H2,1H3,(H,17,19). The molecule has 2 rings (SSSR count). The van der Waals surface area contributed by atoms with Gasteiger partial charge in [-0.05, 0) is 31.2 Å². The Morgan fingerprint density at radius 1 is 1.41 bits per heavy atom. The highest BCUT2D eigenvalue weighted by atomic mass is 32.2. The molecule has 120 valence electrons. The van der Waals surface area contributed by atoms with E-state index in [9.17, 15) is 14.0 Å². The molecule has 0 aliphatic carbocycles. The second kappa shape index (κ2) is 8.14. The first kappa shape index (κ1) is 16.8. The number of nitrogens with zero attached hydrogens (tertiary/aromatic N) is 1. The van der Waals surface area contributed by atoms with Crippen molar-refractivity contribution < 1.29 is 18.7 Å². The fourth-order valence-corrected chi connectivity index (χ4v) is 3.30. The zero-order valence-electron chi connectivity index (χ0n) is 12.4. The third-order valence-electron chi connectivity index (χ3n) is 3.27. The number of hydrogen-bond acceptors (Lipinski definition) is 5. The van der Waals surface area contributed by atoms with Crippen LogP contribution in [0.2, 0.25) is 0 Å². The summed E-state index contributed by atoms with van der Waals surface area (Å²) in [5.74, 6) is 0.632. The number of carbonyl (C=O) groups is 2. The first-order chi connectivity index (χ1) is 10.6. The zero-order valence-corrected chi connectivity index (χ0v) is 13.2. The van der Waals surface area contributed by atoms with Crippen molar-refractivity contribution >= 4 is 29.3 Å². The van der Waals surface area contributed by atoms with Gasteiger partial charge in [-0.1, -0.05) is 0 Å². The molecule has 1 aliphatic rings. The molecule has 22 heavy (non-hydrogen) atoms. The van der Waals surface area contributed by atoms with Crippen LogP contribution in [0.5, 0.6) is 0 Å². The van der Waals surface area contributed by atoms with Crippen molar-refractivity contribution in [3.63, 3.8) is 0 Å². The van der Waals surface area contributed by atoms with E-state index in [2.05, 4.69) is 5.32 Å². The van der Waals surface area contributed by atoms with E-state index in [1.165, 1.54) is 24.3 Å². The van der Waals surface area contributed by atoms with Crippen LogP contribution >= 0.6 is 11.8 Å². The highest BCUT2D eigenvalue weighted by molar-refractivity contribution is 7.99. The monoisotopic (exact) mass is 326 g/mol. The van der Waals surface area contributed by atoms with E-state index in [4.69, 9.17) is 4.74 Å². The van der Waals surface area contributed by atoms with E-state index in [0.717, 1.165) is 5.75 Å². The quantitative estimate of drug-likeness (QED) is 0.836. The number of thioether (sulfide) groups is 1. The SMILES string of the molecule is CCOC(=O)C1CSCCN1CC(=O)Nc1ccc(F)cc1. The van der Waals surface area contributed by atoms with E-state index >= 15 is 0 Å². The predicted molar refractivity (Wildman–Crippen MR) is 84.3 cm³/mol. The second-order valence-corrected chi connectivity index (χ2v) is 6.02. The molecule has 1 fully saturated rings. The van der Waals surface area contributed by atoms with Gasteiger partial charge in [-0.3, -0.25) is 14.5 Å². The van der Waals surface area contributed by atoms with Crippen LogP contribution in [0.25, 0.3) is 0 Å². The molecule has 1 unspecified atom stereocenters. The van der Waals surface area contributed by atoms with Crippen molar-refractivity contribution in [3.8, 4) is 0 Å². The number of ether oxygens (including phenoxy) is 1. The van der Waals surface area contributed by atoms with E-state index < -0.39 is 6.04 Å². The van der Waals surface area contributed by atoms with Gasteiger partial charge in [-0.25, -0.2) is 4.39 Å². The maximum absolute atomic E-state index is 12.8. The summed E-state index contributed by atoms with van der Waals surface area (Å²) in [6.07, 6.45) is 0. The van der Waals surface area contributed by atoms with Gasteiger partial charge in [0.1, 0.15) is 11.9 Å². The summed E-state index contributed by atoms with van der Waals surface area (Å²) in [7, 11) is 0. The molecule has 1 heterocycles. The Hall–Kier alpha value is -1.60. The second-order valence-electron chi connectivity index (χ2n) is 4.87. The maximum Gasteiger partial charge on any atom is 0.324 e. The van der Waals surface area contributed by atoms with Crippen LogP contribution in [0.15, 0.2) is 24.3 Å². The van der Waals surface area contributed by atoms with E-state index in [-0.39, 0.29) is 24.2 Å². The van der Waals surface area contributed by atoms with Gasteiger partial charge < -0.3 is 10.1 Å². The molecular weight excluding hydrogens is 307 g/mol. The zero-order chi connectivity index (χ0) is 15.9. The molecule has 0 spiro atoms. The average Bonchev–Trinajstić information content (AvgIpc) is 2.50. The number of nitrogens with one attached hydrogen (secondary N) is 1. The molecule has 0 saturated carbocycles. The number of rotatable bonds is 5. The van der Waals surface area contributed by atoms with Crippen LogP contribution in [0.1, 0.15) is 6.92 Å². The summed E-state index contributed by atoms with van der Waals surface area (Å²) in [5.41, 5.74) is 0.533. The Labute approximate surface area is 133 Å². The first-order valence-electron chi connectivity index (χ1n) is 7.14. The number of amides is 1. The van der Waals surface area contributed by atoms with Gasteiger partial charge in [0, 0.05) is 23.7 Å². The van der Waals surface area contributed by atoms with Gasteiger partial charge in [0.25, 0.3) is 0 Å². The molecule has 0 bridgehead atoms. The Morgan fingerprint density at radius 3 is 2.82 bits per heavy atom. The summed E-state index contributed by atoms with van der Waals surface area (Å²) >= 11 is 1.68. The summed E-state index contributed by atoms with van der Waals surface area (Å²) in [5, 5.41) is 2.70. The summed E-state index contributed by atoms with van der Waals surface area (Å²) < 4.78 is 17.9. The van der Waals surface area contributed by atoms with E-state index in [1.807, 2.05) is 4.90 Å². The molecule has 1 saturated heterocycles. The number of benzene rings is 1. The lowest BCUT2D eigenvalue weighted by molar-refractivity contribution is -0.148. The van der Waals surface area contributed by atoms with Crippen LogP contribution < -0.4 is 5.32 Å². The normalized spacial score (nSPS) is 18.7. The van der Waals surface area contributed by atoms with Crippen molar-refractivity contribution in [3.05, 3.63) is 30.1 Å². The van der Waals surface area contributed by atoms with Crippen molar-refractivity contribution in [1.29, 1.82) is 0 Å². The highest BCUT2D eigenvalue weighted by Crippen LogP contribution is 2.18. The third kappa shape index (κ3) is 4.71. The van der Waals surface area contributed by atoms with Gasteiger partial charge in [0.2, 0.25) is 5.91 Å². The van der Waals surface area contributed by atoms with Gasteiger partial charge in [0.05, 0.1) is 13.2 Å². The number of anilines is 1. The van der Waals surface area contributed by atoms with E-state index in [0.29, 0.717) is 24.6 Å². The predicted octanol–water partition coefficient (Wildman–Crippen LogP) is 1.74. The lowest BCUT2D eigenvalue weighted by Gasteiger charge is -2.32. The molecule has 1 N–H and O–H groups in total.